The molecule has 2 rings (SSSR count). The molecule has 0 aromatic heterocycles. The molecule has 29 heavy (non-hydrogen) atoms. The lowest BCUT2D eigenvalue weighted by molar-refractivity contribution is -0.137. The number of carbonyl (C=O) groups is 2. The van der Waals surface area contributed by atoms with Gasteiger partial charge >= 0.3 is 12.2 Å². The fraction of sp³-hybridized carbons (Fsp3) is 0.556. The highest BCUT2D eigenvalue weighted by Gasteiger charge is 2.36. The first-order valence-electron chi connectivity index (χ1n) is 8.74. The minimum atomic E-state index is -4.59. The second kappa shape index (κ2) is 10.7. The summed E-state index contributed by atoms with van der Waals surface area (Å²) in [6.07, 6.45) is -3.33. The first-order valence-corrected chi connectivity index (χ1v) is 9.12. The average molecular weight is 440 g/mol. The molecule has 1 heterocycles. The van der Waals surface area contributed by atoms with Gasteiger partial charge < -0.3 is 25.3 Å². The van der Waals surface area contributed by atoms with Crippen molar-refractivity contribution in [1.82, 2.24) is 9.80 Å². The monoisotopic (exact) mass is 439 g/mol. The highest BCUT2D eigenvalue weighted by molar-refractivity contribution is 6.31. The maximum absolute atomic E-state index is 12.9. The fourth-order valence-electron chi connectivity index (χ4n) is 3.24. The number of hydrogen-bond acceptors (Lipinski definition) is 4. The van der Waals surface area contributed by atoms with Crippen LogP contribution in [-0.2, 0) is 11.0 Å². The van der Waals surface area contributed by atoms with E-state index in [1.165, 1.54) is 6.07 Å². The molecule has 0 spiro atoms. The number of hydrogen-bond donors (Lipinski definition) is 3. The number of likely N-dealkylation sites (tertiary alicyclic amines) is 1. The van der Waals surface area contributed by atoms with Crippen molar-refractivity contribution in [2.75, 3.05) is 45.7 Å². The second-order valence-corrected chi connectivity index (χ2v) is 7.52. The molecule has 0 saturated carbocycles. The van der Waals surface area contributed by atoms with Crippen molar-refractivity contribution in [2.45, 2.75) is 19.0 Å². The third kappa shape index (κ3) is 7.37. The van der Waals surface area contributed by atoms with Gasteiger partial charge in [-0.15, -0.1) is 0 Å². The summed E-state index contributed by atoms with van der Waals surface area (Å²) in [7, 11) is 3.85. The van der Waals surface area contributed by atoms with Crippen LogP contribution in [0.2, 0.25) is 5.02 Å². The van der Waals surface area contributed by atoms with E-state index in [0.717, 1.165) is 12.1 Å². The lowest BCUT2D eigenvalue weighted by Crippen LogP contribution is -2.49. The Hall–Kier alpha value is -2.04. The van der Waals surface area contributed by atoms with Gasteiger partial charge in [-0.05, 0) is 45.1 Å². The number of nitrogens with one attached hydrogen (secondary N) is 1. The van der Waals surface area contributed by atoms with Gasteiger partial charge in [-0.2, -0.15) is 13.2 Å². The van der Waals surface area contributed by atoms with Crippen LogP contribution in [-0.4, -0.2) is 72.9 Å². The largest absolute Gasteiger partial charge is 0.483 e. The zero-order chi connectivity index (χ0) is 22.2. The second-order valence-electron chi connectivity index (χ2n) is 7.11. The number of anilines is 1. The van der Waals surface area contributed by atoms with Gasteiger partial charge in [0.1, 0.15) is 0 Å². The molecule has 1 aromatic carbocycles. The molecule has 2 amide bonds. The molecule has 164 valence electrons. The van der Waals surface area contributed by atoms with Gasteiger partial charge in [0.25, 0.3) is 6.47 Å². The average Bonchev–Trinajstić information content (AvgIpc) is 2.63. The fourth-order valence-corrected chi connectivity index (χ4v) is 3.47. The Bertz CT molecular complexity index is 693. The minimum absolute atomic E-state index is 0.0345. The normalized spacial score (nSPS) is 16.1. The number of rotatable bonds is 4. The Labute approximate surface area is 172 Å². The summed E-state index contributed by atoms with van der Waals surface area (Å²) in [5, 5.41) is 18.7. The van der Waals surface area contributed by atoms with Crippen LogP contribution in [0, 0.1) is 5.41 Å². The van der Waals surface area contributed by atoms with E-state index >= 15 is 0 Å². The van der Waals surface area contributed by atoms with Crippen LogP contribution in [0.25, 0.3) is 0 Å². The topological polar surface area (TPSA) is 93.1 Å². The molecule has 0 radical (unpaired) electrons. The van der Waals surface area contributed by atoms with Crippen LogP contribution in [0.1, 0.15) is 18.4 Å². The smallest absolute Gasteiger partial charge is 0.417 e. The maximum Gasteiger partial charge on any atom is 0.417 e. The number of piperidine rings is 1. The van der Waals surface area contributed by atoms with Gasteiger partial charge in [-0.25, -0.2) is 4.79 Å². The summed E-state index contributed by atoms with van der Waals surface area (Å²) in [5.74, 6) is 0. The molecule has 0 unspecified atom stereocenters. The zero-order valence-corrected chi connectivity index (χ0v) is 16.9. The summed E-state index contributed by atoms with van der Waals surface area (Å²) in [6.45, 7) is 1.36. The van der Waals surface area contributed by atoms with Crippen LogP contribution in [0.5, 0.6) is 0 Å². The molecule has 1 aliphatic heterocycles. The van der Waals surface area contributed by atoms with Gasteiger partial charge in [0.15, 0.2) is 0 Å². The summed E-state index contributed by atoms with van der Waals surface area (Å²) in [5.41, 5.74) is -1.20. The number of amides is 2. The molecule has 7 nitrogen and oxygen atoms in total. The Kier molecular flexibility index (Phi) is 9.18. The van der Waals surface area contributed by atoms with E-state index in [9.17, 15) is 23.1 Å². The number of aliphatic hydroxyl groups excluding tert-OH is 1. The van der Waals surface area contributed by atoms with Gasteiger partial charge in [0.05, 0.1) is 17.2 Å². The van der Waals surface area contributed by atoms with E-state index in [1.54, 1.807) is 4.90 Å². The predicted octanol–water partition coefficient (Wildman–Crippen LogP) is 3.23. The number of alkyl halides is 3. The van der Waals surface area contributed by atoms with Crippen LogP contribution >= 0.6 is 11.6 Å². The lowest BCUT2D eigenvalue weighted by atomic mass is 9.79. The van der Waals surface area contributed by atoms with Crippen molar-refractivity contribution in [3.05, 3.63) is 28.8 Å². The molecule has 0 bridgehead atoms. The number of benzene rings is 1. The molecule has 1 aromatic rings. The van der Waals surface area contributed by atoms with Crippen molar-refractivity contribution in [3.63, 3.8) is 0 Å². The summed E-state index contributed by atoms with van der Waals surface area (Å²) in [4.78, 5) is 24.3. The van der Waals surface area contributed by atoms with Crippen LogP contribution < -0.4 is 5.32 Å². The van der Waals surface area contributed by atoms with Crippen molar-refractivity contribution in [2.24, 2.45) is 5.41 Å². The van der Waals surface area contributed by atoms with Gasteiger partial charge in [-0.3, -0.25) is 4.79 Å². The summed E-state index contributed by atoms with van der Waals surface area (Å²) >= 11 is 5.58. The third-order valence-corrected chi connectivity index (χ3v) is 4.95. The molecule has 0 aliphatic carbocycles. The Morgan fingerprint density at radius 1 is 1.34 bits per heavy atom. The van der Waals surface area contributed by atoms with E-state index in [1.807, 2.05) is 19.0 Å². The van der Waals surface area contributed by atoms with E-state index in [2.05, 4.69) is 5.32 Å². The number of carbonyl (C=O) groups excluding carboxylic acids is 1. The maximum atomic E-state index is 12.9. The van der Waals surface area contributed by atoms with E-state index in [4.69, 9.17) is 21.5 Å². The van der Waals surface area contributed by atoms with E-state index in [-0.39, 0.29) is 24.2 Å². The van der Waals surface area contributed by atoms with Crippen molar-refractivity contribution in [1.29, 1.82) is 0 Å². The Balaban J connectivity index is 0.00000132. The molecular formula is C18H25ClF3N3O4. The predicted molar refractivity (Wildman–Crippen MR) is 103 cm³/mol. The Morgan fingerprint density at radius 2 is 1.90 bits per heavy atom. The summed E-state index contributed by atoms with van der Waals surface area (Å²) < 4.78 is 38.7. The molecular weight excluding hydrogens is 415 g/mol. The highest BCUT2D eigenvalue weighted by Crippen LogP contribution is 2.36. The van der Waals surface area contributed by atoms with E-state index < -0.39 is 22.8 Å². The van der Waals surface area contributed by atoms with Crippen LogP contribution in [0.4, 0.5) is 23.7 Å². The Morgan fingerprint density at radius 3 is 2.34 bits per heavy atom. The number of carboxylic acid groups (broad SMARTS) is 1. The summed E-state index contributed by atoms with van der Waals surface area (Å²) in [6, 6.07) is 2.82. The molecule has 3 N–H and O–H groups in total. The first kappa shape index (κ1) is 25.0. The van der Waals surface area contributed by atoms with Crippen LogP contribution in [0.15, 0.2) is 18.2 Å². The van der Waals surface area contributed by atoms with Gasteiger partial charge in [0.2, 0.25) is 0 Å². The van der Waals surface area contributed by atoms with Gasteiger partial charge in [0, 0.05) is 30.7 Å². The first-order chi connectivity index (χ1) is 13.5. The van der Waals surface area contributed by atoms with Crippen molar-refractivity contribution in [3.8, 4) is 0 Å². The molecule has 11 heteroatoms. The van der Waals surface area contributed by atoms with Gasteiger partial charge in [-0.1, -0.05) is 11.6 Å². The zero-order valence-electron chi connectivity index (χ0n) is 16.2. The number of halogens is 4. The van der Waals surface area contributed by atoms with Crippen LogP contribution in [0.3, 0.4) is 0 Å². The molecule has 1 saturated heterocycles. The number of aliphatic hydroxyl groups is 1. The highest BCUT2D eigenvalue weighted by atomic mass is 35.5. The van der Waals surface area contributed by atoms with Crippen molar-refractivity contribution >= 4 is 29.8 Å². The third-order valence-electron chi connectivity index (χ3n) is 4.62. The molecule has 1 fully saturated rings. The lowest BCUT2D eigenvalue weighted by Gasteiger charge is -2.42. The minimum Gasteiger partial charge on any atom is -0.483 e. The standard InChI is InChI=1S/C17H23ClF3N3O2.CH2O2/c1-23(2)10-16(11-25)5-7-24(8-6-16)15(26)22-12-3-4-14(18)13(9-12)17(19,20)21;2-1-3/h3-4,9,25H,5-8,10-11H2,1-2H3,(H,22,26);1H,(H,2,3). The number of urea groups is 1. The number of nitrogens with zero attached hydrogens (tertiary/aromatic N) is 2. The SMILES string of the molecule is CN(C)CC1(CO)CCN(C(=O)Nc2ccc(Cl)c(C(F)(F)F)c2)CC1.O=CO. The molecule has 1 aliphatic rings. The van der Waals surface area contributed by atoms with Crippen molar-refractivity contribution < 1.29 is 33.0 Å². The quantitative estimate of drug-likeness (QED) is 0.626. The molecule has 0 atom stereocenters. The van der Waals surface area contributed by atoms with E-state index in [0.29, 0.717) is 32.5 Å².